The lowest BCUT2D eigenvalue weighted by Gasteiger charge is -2.38. The normalized spacial score (nSPS) is 21.6. The third-order valence-corrected chi connectivity index (χ3v) is 5.67. The molecule has 2 aromatic rings. The van der Waals surface area contributed by atoms with Crippen molar-refractivity contribution in [1.29, 1.82) is 0 Å². The molecular weight excluding hydrogens is 357 g/mol. The van der Waals surface area contributed by atoms with Gasteiger partial charge in [0.15, 0.2) is 0 Å². The van der Waals surface area contributed by atoms with Crippen LogP contribution in [-0.2, 0) is 11.2 Å². The second-order valence-electron chi connectivity index (χ2n) is 7.42. The minimum atomic E-state index is -4.19. The van der Waals surface area contributed by atoms with Gasteiger partial charge in [-0.3, -0.25) is 4.90 Å². The lowest BCUT2D eigenvalue weighted by Crippen LogP contribution is -2.48. The van der Waals surface area contributed by atoms with Crippen LogP contribution in [0, 0.1) is 12.8 Å². The van der Waals surface area contributed by atoms with Crippen molar-refractivity contribution in [1.82, 2.24) is 9.88 Å². The number of benzene rings is 1. The molecule has 1 aromatic heterocycles. The van der Waals surface area contributed by atoms with Crippen LogP contribution < -0.4 is 0 Å². The number of aryl methyl sites for hydroxylation is 2. The highest BCUT2D eigenvalue weighted by molar-refractivity contribution is 6.06. The van der Waals surface area contributed by atoms with Crippen LogP contribution in [0.5, 0.6) is 0 Å². The molecule has 148 valence electrons. The average molecular weight is 382 g/mol. The maximum absolute atomic E-state index is 13.2. The van der Waals surface area contributed by atoms with Crippen molar-refractivity contribution >= 4 is 16.9 Å². The number of nitrogens with zero attached hydrogens (tertiary/aromatic N) is 1. The molecule has 27 heavy (non-hydrogen) atoms. The molecule has 1 aliphatic heterocycles. The van der Waals surface area contributed by atoms with E-state index in [1.807, 2.05) is 25.1 Å². The Bertz CT molecular complexity index is 828. The zero-order valence-electron chi connectivity index (χ0n) is 15.8. The number of aromatic nitrogens is 1. The zero-order chi connectivity index (χ0) is 19.8. The summed E-state index contributed by atoms with van der Waals surface area (Å²) in [5.74, 6) is -0.382. The molecule has 4 nitrogen and oxygen atoms in total. The highest BCUT2D eigenvalue weighted by Gasteiger charge is 2.45. The van der Waals surface area contributed by atoms with Crippen molar-refractivity contribution in [2.24, 2.45) is 5.92 Å². The van der Waals surface area contributed by atoms with Gasteiger partial charge in [-0.1, -0.05) is 12.1 Å². The van der Waals surface area contributed by atoms with E-state index in [4.69, 9.17) is 4.74 Å². The Kier molecular flexibility index (Phi) is 5.51. The van der Waals surface area contributed by atoms with Crippen LogP contribution >= 0.6 is 0 Å². The van der Waals surface area contributed by atoms with Gasteiger partial charge in [0.25, 0.3) is 0 Å². The second kappa shape index (κ2) is 7.54. The topological polar surface area (TPSA) is 45.3 Å². The Morgan fingerprint density at radius 3 is 2.78 bits per heavy atom. The van der Waals surface area contributed by atoms with E-state index in [1.54, 1.807) is 7.05 Å². The number of hydrogen-bond acceptors (Lipinski definition) is 3. The standard InChI is InChI=1S/C20H25F3N2O2/c1-12-17(19(26)27-3)18-14(5-4-6-15(18)24-12)8-7-13-9-10-25(2)16(11-13)20(21,22)23/h4-6,13,16,24H,7-11H2,1-3H3. The monoisotopic (exact) mass is 382 g/mol. The number of piperidine rings is 1. The fourth-order valence-corrected chi connectivity index (χ4v) is 4.18. The lowest BCUT2D eigenvalue weighted by atomic mass is 9.85. The Balaban J connectivity index is 1.80. The number of H-pyrrole nitrogens is 1. The van der Waals surface area contributed by atoms with Crippen molar-refractivity contribution in [2.75, 3.05) is 20.7 Å². The molecule has 7 heteroatoms. The molecule has 1 aromatic carbocycles. The summed E-state index contributed by atoms with van der Waals surface area (Å²) < 4.78 is 44.6. The molecule has 1 N–H and O–H groups in total. The molecule has 2 unspecified atom stereocenters. The first-order chi connectivity index (χ1) is 12.7. The van der Waals surface area contributed by atoms with E-state index in [-0.39, 0.29) is 12.3 Å². The molecule has 2 heterocycles. The molecule has 2 atom stereocenters. The number of hydrogen-bond donors (Lipinski definition) is 1. The first-order valence-corrected chi connectivity index (χ1v) is 9.17. The molecule has 1 aliphatic rings. The number of rotatable bonds is 4. The largest absolute Gasteiger partial charge is 0.465 e. The number of carbonyl (C=O) groups excluding carboxylic acids is 1. The molecule has 1 saturated heterocycles. The Hall–Kier alpha value is -2.02. The minimum Gasteiger partial charge on any atom is -0.465 e. The predicted molar refractivity (Wildman–Crippen MR) is 97.9 cm³/mol. The van der Waals surface area contributed by atoms with Crippen LogP contribution in [0.15, 0.2) is 18.2 Å². The van der Waals surface area contributed by atoms with Gasteiger partial charge in [0.1, 0.15) is 6.04 Å². The summed E-state index contributed by atoms with van der Waals surface area (Å²) in [5.41, 5.74) is 3.07. The van der Waals surface area contributed by atoms with Gasteiger partial charge in [-0.2, -0.15) is 13.2 Å². The molecule has 0 amide bonds. The number of halogens is 3. The van der Waals surface area contributed by atoms with Gasteiger partial charge in [-0.25, -0.2) is 4.79 Å². The van der Waals surface area contributed by atoms with E-state index in [0.29, 0.717) is 24.9 Å². The van der Waals surface area contributed by atoms with E-state index in [9.17, 15) is 18.0 Å². The molecule has 0 radical (unpaired) electrons. The number of alkyl halides is 3. The molecular formula is C20H25F3N2O2. The van der Waals surface area contributed by atoms with Crippen LogP contribution in [0.25, 0.3) is 10.9 Å². The number of ether oxygens (including phenoxy) is 1. The summed E-state index contributed by atoms with van der Waals surface area (Å²) in [6.07, 6.45) is -1.99. The third-order valence-electron chi connectivity index (χ3n) is 5.67. The number of methoxy groups -OCH3 is 1. The van der Waals surface area contributed by atoms with Gasteiger partial charge in [-0.15, -0.1) is 0 Å². The maximum Gasteiger partial charge on any atom is 0.404 e. The number of carbonyl (C=O) groups is 1. The summed E-state index contributed by atoms with van der Waals surface area (Å²) in [4.78, 5) is 16.8. The van der Waals surface area contributed by atoms with E-state index in [1.165, 1.54) is 12.0 Å². The molecule has 0 aliphatic carbocycles. The number of aromatic amines is 1. The van der Waals surface area contributed by atoms with Crippen LogP contribution in [0.1, 0.15) is 40.9 Å². The van der Waals surface area contributed by atoms with Gasteiger partial charge in [0.2, 0.25) is 0 Å². The van der Waals surface area contributed by atoms with Gasteiger partial charge in [-0.05, 0) is 63.7 Å². The molecule has 1 fully saturated rings. The van der Waals surface area contributed by atoms with Crippen LogP contribution in [0.3, 0.4) is 0 Å². The quantitative estimate of drug-likeness (QED) is 0.794. The number of esters is 1. The first kappa shape index (κ1) is 19.7. The summed E-state index contributed by atoms with van der Waals surface area (Å²) in [5, 5.41) is 0.821. The Morgan fingerprint density at radius 1 is 1.37 bits per heavy atom. The number of fused-ring (bicyclic) bond motifs is 1. The third kappa shape index (κ3) is 3.98. The first-order valence-electron chi connectivity index (χ1n) is 9.17. The van der Waals surface area contributed by atoms with E-state index in [2.05, 4.69) is 4.98 Å². The fraction of sp³-hybridized carbons (Fsp3) is 0.550. The van der Waals surface area contributed by atoms with Crippen LogP contribution in [-0.4, -0.2) is 48.8 Å². The van der Waals surface area contributed by atoms with Gasteiger partial charge < -0.3 is 9.72 Å². The highest BCUT2D eigenvalue weighted by Crippen LogP contribution is 2.36. The summed E-state index contributed by atoms with van der Waals surface area (Å²) in [6, 6.07) is 4.38. The maximum atomic E-state index is 13.2. The van der Waals surface area contributed by atoms with Crippen molar-refractivity contribution in [3.63, 3.8) is 0 Å². The molecule has 0 bridgehead atoms. The van der Waals surface area contributed by atoms with Crippen LogP contribution in [0.2, 0.25) is 0 Å². The number of likely N-dealkylation sites (tertiary alicyclic amines) is 1. The molecule has 0 saturated carbocycles. The Morgan fingerprint density at radius 2 is 2.11 bits per heavy atom. The van der Waals surface area contributed by atoms with Crippen molar-refractivity contribution in [2.45, 2.75) is 44.8 Å². The highest BCUT2D eigenvalue weighted by atomic mass is 19.4. The smallest absolute Gasteiger partial charge is 0.404 e. The van der Waals surface area contributed by atoms with Gasteiger partial charge in [0, 0.05) is 16.6 Å². The predicted octanol–water partition coefficient (Wildman–Crippen LogP) is 4.47. The van der Waals surface area contributed by atoms with Gasteiger partial charge in [0.05, 0.1) is 12.7 Å². The van der Waals surface area contributed by atoms with Gasteiger partial charge >= 0.3 is 12.1 Å². The SMILES string of the molecule is COC(=O)c1c(C)[nH]c2cccc(CCC3CCN(C)C(C(F)(F)F)C3)c12. The fourth-order valence-electron chi connectivity index (χ4n) is 4.18. The van der Waals surface area contributed by atoms with E-state index < -0.39 is 18.2 Å². The molecule has 3 rings (SSSR count). The zero-order valence-corrected chi connectivity index (χ0v) is 15.8. The number of nitrogens with one attached hydrogen (secondary N) is 1. The minimum absolute atomic E-state index is 0.0182. The van der Waals surface area contributed by atoms with Crippen LogP contribution in [0.4, 0.5) is 13.2 Å². The summed E-state index contributed by atoms with van der Waals surface area (Å²) >= 11 is 0. The Labute approximate surface area is 156 Å². The summed E-state index contributed by atoms with van der Waals surface area (Å²) in [7, 11) is 2.89. The lowest BCUT2D eigenvalue weighted by molar-refractivity contribution is -0.191. The molecule has 0 spiro atoms. The second-order valence-corrected chi connectivity index (χ2v) is 7.42. The van der Waals surface area contributed by atoms with Crippen molar-refractivity contribution in [3.05, 3.63) is 35.0 Å². The average Bonchev–Trinajstić information content (AvgIpc) is 2.95. The van der Waals surface area contributed by atoms with E-state index >= 15 is 0 Å². The van der Waals surface area contributed by atoms with E-state index in [0.717, 1.165) is 28.6 Å². The van der Waals surface area contributed by atoms with Crippen molar-refractivity contribution in [3.8, 4) is 0 Å². The summed E-state index contributed by atoms with van der Waals surface area (Å²) in [6.45, 7) is 2.27. The van der Waals surface area contributed by atoms with Crippen molar-refractivity contribution < 1.29 is 22.7 Å².